The number of nitrogens with zero attached hydrogens (tertiary/aromatic N) is 2. The van der Waals surface area contributed by atoms with E-state index in [4.69, 9.17) is 0 Å². The van der Waals surface area contributed by atoms with Crippen LogP contribution in [0.15, 0.2) is 0 Å². The Hall–Kier alpha value is -0.0800. The summed E-state index contributed by atoms with van der Waals surface area (Å²) >= 11 is 0. The maximum absolute atomic E-state index is 2.76. The maximum Gasteiger partial charge on any atom is 0.0120 e. The highest BCUT2D eigenvalue weighted by atomic mass is 15.2. The highest BCUT2D eigenvalue weighted by molar-refractivity contribution is 4.85. The van der Waals surface area contributed by atoms with Crippen molar-refractivity contribution in [3.63, 3.8) is 0 Å². The highest BCUT2D eigenvalue weighted by Gasteiger charge is 2.30. The predicted molar refractivity (Wildman–Crippen MR) is 69.7 cm³/mol. The van der Waals surface area contributed by atoms with E-state index in [1.165, 1.54) is 58.4 Å². The number of piperidine rings is 2. The Morgan fingerprint density at radius 2 is 1.56 bits per heavy atom. The fourth-order valence-electron chi connectivity index (χ4n) is 3.10. The monoisotopic (exact) mass is 224 g/mol. The SMILES string of the molecule is CCN1CCC(N2CCC(C)(C)CC2)CC1. The highest BCUT2D eigenvalue weighted by Crippen LogP contribution is 2.32. The van der Waals surface area contributed by atoms with Crippen molar-refractivity contribution in [2.75, 3.05) is 32.7 Å². The lowest BCUT2D eigenvalue weighted by Gasteiger charge is -2.44. The van der Waals surface area contributed by atoms with Gasteiger partial charge in [-0.2, -0.15) is 0 Å². The average molecular weight is 224 g/mol. The number of likely N-dealkylation sites (tertiary alicyclic amines) is 2. The fraction of sp³-hybridized carbons (Fsp3) is 1.00. The summed E-state index contributed by atoms with van der Waals surface area (Å²) in [6.45, 7) is 13.7. The van der Waals surface area contributed by atoms with Gasteiger partial charge in [-0.1, -0.05) is 20.8 Å². The van der Waals surface area contributed by atoms with Crippen LogP contribution in [0.5, 0.6) is 0 Å². The second-order valence-electron chi connectivity index (χ2n) is 6.37. The van der Waals surface area contributed by atoms with E-state index in [9.17, 15) is 0 Å². The molecule has 0 radical (unpaired) electrons. The summed E-state index contributed by atoms with van der Waals surface area (Å²) < 4.78 is 0. The molecule has 0 spiro atoms. The van der Waals surface area contributed by atoms with Gasteiger partial charge in [0.15, 0.2) is 0 Å². The molecule has 0 bridgehead atoms. The van der Waals surface area contributed by atoms with Gasteiger partial charge in [0.05, 0.1) is 0 Å². The van der Waals surface area contributed by atoms with Gasteiger partial charge in [0.1, 0.15) is 0 Å². The van der Waals surface area contributed by atoms with Crippen molar-refractivity contribution in [2.45, 2.75) is 52.5 Å². The van der Waals surface area contributed by atoms with E-state index in [0.717, 1.165) is 6.04 Å². The minimum Gasteiger partial charge on any atom is -0.303 e. The Morgan fingerprint density at radius 1 is 1.00 bits per heavy atom. The van der Waals surface area contributed by atoms with Crippen LogP contribution in [-0.2, 0) is 0 Å². The molecule has 0 unspecified atom stereocenters. The first-order valence-electron chi connectivity index (χ1n) is 7.07. The molecule has 2 rings (SSSR count). The summed E-state index contributed by atoms with van der Waals surface area (Å²) in [5.41, 5.74) is 0.598. The van der Waals surface area contributed by atoms with Gasteiger partial charge in [-0.15, -0.1) is 0 Å². The Balaban J connectivity index is 1.78. The average Bonchev–Trinajstić information content (AvgIpc) is 2.29. The van der Waals surface area contributed by atoms with Crippen LogP contribution in [0.1, 0.15) is 46.5 Å². The summed E-state index contributed by atoms with van der Waals surface area (Å²) in [5, 5.41) is 0. The molecule has 94 valence electrons. The third-order valence-electron chi connectivity index (χ3n) is 4.67. The van der Waals surface area contributed by atoms with E-state index in [1.54, 1.807) is 0 Å². The summed E-state index contributed by atoms with van der Waals surface area (Å²) in [5.74, 6) is 0. The molecule has 2 heterocycles. The second kappa shape index (κ2) is 5.05. The van der Waals surface area contributed by atoms with Crippen molar-refractivity contribution in [1.29, 1.82) is 0 Å². The van der Waals surface area contributed by atoms with Crippen LogP contribution < -0.4 is 0 Å². The Bertz CT molecular complexity index is 207. The van der Waals surface area contributed by atoms with Gasteiger partial charge in [0, 0.05) is 6.04 Å². The number of hydrogen-bond donors (Lipinski definition) is 0. The first-order valence-corrected chi connectivity index (χ1v) is 7.07. The van der Waals surface area contributed by atoms with Crippen LogP contribution in [0.4, 0.5) is 0 Å². The zero-order valence-electron chi connectivity index (χ0n) is 11.3. The molecule has 0 aliphatic carbocycles. The number of rotatable bonds is 2. The molecular weight excluding hydrogens is 196 g/mol. The first kappa shape index (κ1) is 12.4. The third kappa shape index (κ3) is 2.98. The lowest BCUT2D eigenvalue weighted by atomic mass is 9.82. The Morgan fingerprint density at radius 3 is 2.06 bits per heavy atom. The summed E-state index contributed by atoms with van der Waals surface area (Å²) in [4.78, 5) is 5.35. The fourth-order valence-corrected chi connectivity index (χ4v) is 3.10. The molecule has 0 atom stereocenters. The standard InChI is InChI=1S/C14H28N2/c1-4-15-9-5-13(6-10-15)16-11-7-14(2,3)8-12-16/h13H,4-12H2,1-3H3. The van der Waals surface area contributed by atoms with Crippen LogP contribution in [0.2, 0.25) is 0 Å². The normalized spacial score (nSPS) is 29.4. The molecule has 0 aromatic rings. The van der Waals surface area contributed by atoms with Crippen molar-refractivity contribution < 1.29 is 0 Å². The van der Waals surface area contributed by atoms with Gasteiger partial charge in [-0.05, 0) is 63.8 Å². The van der Waals surface area contributed by atoms with Gasteiger partial charge in [0.2, 0.25) is 0 Å². The summed E-state index contributed by atoms with van der Waals surface area (Å²) in [6, 6.07) is 0.888. The minimum absolute atomic E-state index is 0.598. The van der Waals surface area contributed by atoms with E-state index in [-0.39, 0.29) is 0 Å². The molecule has 2 aliphatic rings. The van der Waals surface area contributed by atoms with Crippen molar-refractivity contribution in [1.82, 2.24) is 9.80 Å². The van der Waals surface area contributed by atoms with Gasteiger partial charge in [-0.25, -0.2) is 0 Å². The molecule has 16 heavy (non-hydrogen) atoms. The van der Waals surface area contributed by atoms with E-state index in [0.29, 0.717) is 5.41 Å². The van der Waals surface area contributed by atoms with Gasteiger partial charge < -0.3 is 9.80 Å². The molecule has 2 fully saturated rings. The summed E-state index contributed by atoms with van der Waals surface area (Å²) in [7, 11) is 0. The van der Waals surface area contributed by atoms with E-state index >= 15 is 0 Å². The molecule has 2 saturated heterocycles. The molecule has 2 heteroatoms. The minimum atomic E-state index is 0.598. The summed E-state index contributed by atoms with van der Waals surface area (Å²) in [6.07, 6.45) is 5.57. The van der Waals surface area contributed by atoms with Crippen molar-refractivity contribution in [3.05, 3.63) is 0 Å². The zero-order valence-corrected chi connectivity index (χ0v) is 11.3. The van der Waals surface area contributed by atoms with Crippen LogP contribution in [0.3, 0.4) is 0 Å². The van der Waals surface area contributed by atoms with Crippen LogP contribution in [0.25, 0.3) is 0 Å². The van der Waals surface area contributed by atoms with Crippen molar-refractivity contribution in [2.24, 2.45) is 5.41 Å². The lowest BCUT2D eigenvalue weighted by Crippen LogP contribution is -2.48. The quantitative estimate of drug-likeness (QED) is 0.711. The molecule has 0 aromatic carbocycles. The largest absolute Gasteiger partial charge is 0.303 e. The third-order valence-corrected chi connectivity index (χ3v) is 4.67. The molecule has 0 amide bonds. The van der Waals surface area contributed by atoms with Crippen LogP contribution in [0, 0.1) is 5.41 Å². The van der Waals surface area contributed by atoms with Crippen molar-refractivity contribution >= 4 is 0 Å². The zero-order chi connectivity index (χ0) is 11.6. The molecule has 0 saturated carbocycles. The molecule has 0 N–H and O–H groups in total. The topological polar surface area (TPSA) is 6.48 Å². The van der Waals surface area contributed by atoms with Gasteiger partial charge in [0.25, 0.3) is 0 Å². The molecule has 2 nitrogen and oxygen atoms in total. The van der Waals surface area contributed by atoms with Crippen LogP contribution in [-0.4, -0.2) is 48.6 Å². The van der Waals surface area contributed by atoms with Gasteiger partial charge >= 0.3 is 0 Å². The second-order valence-corrected chi connectivity index (χ2v) is 6.37. The molecule has 0 aromatic heterocycles. The predicted octanol–water partition coefficient (Wildman–Crippen LogP) is 2.59. The maximum atomic E-state index is 2.76. The lowest BCUT2D eigenvalue weighted by molar-refractivity contribution is 0.0577. The Labute approximate surface area is 101 Å². The number of hydrogen-bond acceptors (Lipinski definition) is 2. The van der Waals surface area contributed by atoms with E-state index in [1.807, 2.05) is 0 Å². The first-order chi connectivity index (χ1) is 7.61. The van der Waals surface area contributed by atoms with E-state index in [2.05, 4.69) is 30.6 Å². The van der Waals surface area contributed by atoms with Crippen LogP contribution >= 0.6 is 0 Å². The Kier molecular flexibility index (Phi) is 3.91. The molecule has 2 aliphatic heterocycles. The van der Waals surface area contributed by atoms with Crippen molar-refractivity contribution in [3.8, 4) is 0 Å². The van der Waals surface area contributed by atoms with E-state index < -0.39 is 0 Å². The molecular formula is C14H28N2. The van der Waals surface area contributed by atoms with Gasteiger partial charge in [-0.3, -0.25) is 0 Å². The smallest absolute Gasteiger partial charge is 0.0120 e.